The Morgan fingerprint density at radius 3 is 1.18 bits per heavy atom. The van der Waals surface area contributed by atoms with Gasteiger partial charge in [-0.1, -0.05) is 64.1 Å². The molecule has 1 aliphatic rings. The van der Waals surface area contributed by atoms with E-state index in [0.717, 1.165) is 23.3 Å². The van der Waals surface area contributed by atoms with Gasteiger partial charge in [0.15, 0.2) is 126 Å². The number of carbonyl (C=O) groups is 17. The van der Waals surface area contributed by atoms with Crippen LogP contribution in [0.2, 0.25) is 0 Å². The molecule has 1 aliphatic carbocycles. The third-order valence-electron chi connectivity index (χ3n) is 17.1. The van der Waals surface area contributed by atoms with Gasteiger partial charge in [-0.15, -0.1) is 0 Å². The van der Waals surface area contributed by atoms with Gasteiger partial charge in [0.05, 0.1) is 6.42 Å². The van der Waals surface area contributed by atoms with E-state index < -0.39 is 133 Å². The summed E-state index contributed by atoms with van der Waals surface area (Å²) in [5, 5.41) is 22.8. The lowest BCUT2D eigenvalue weighted by Gasteiger charge is -2.20. The molecule has 3 amide bonds. The number of rotatable bonds is 43. The molecule has 4 rings (SSSR count). The Morgan fingerprint density at radius 1 is 0.472 bits per heavy atom. The second-order valence-corrected chi connectivity index (χ2v) is 30.5. The molecular weight excluding hydrogens is 1720 g/mol. The molecule has 39 nitrogen and oxygen atoms in total. The third kappa shape index (κ3) is 65.3. The van der Waals surface area contributed by atoms with E-state index in [9.17, 15) is 86.6 Å². The van der Waals surface area contributed by atoms with Gasteiger partial charge in [0.2, 0.25) is 12.2 Å². The number of aliphatic carboxylic acids is 1. The van der Waals surface area contributed by atoms with Gasteiger partial charge in [0.1, 0.15) is 23.7 Å². The second kappa shape index (κ2) is 76.2. The average molecular weight is 1870 g/mol. The number of carboxylic acid groups (broad SMARTS) is 1. The Balaban J connectivity index is -0.000000156. The molecule has 31 N–H and O–H groups in total. The molecule has 0 aliphatic heterocycles. The number of nitrogens with one attached hydrogen (secondary N) is 4. The fourth-order valence-electron chi connectivity index (χ4n) is 10.2. The maximum absolute atomic E-state index is 11.5. The lowest BCUT2D eigenvalue weighted by atomic mass is 9.96. The van der Waals surface area contributed by atoms with Crippen molar-refractivity contribution in [3.8, 4) is 5.75 Å². The Kier molecular flexibility index (Phi) is 82.5. The first-order chi connectivity index (χ1) is 55.8. The quantitative estimate of drug-likeness (QED) is 0.00791. The molecule has 0 fully saturated rings. The molecule has 1 aromatic heterocycles. The summed E-state index contributed by atoms with van der Waals surface area (Å²) in [5.74, 6) is -3.72. The summed E-state index contributed by atoms with van der Waals surface area (Å²) in [7, 11) is 2.55. The topological polar surface area (TPSA) is 695 Å². The van der Waals surface area contributed by atoms with Gasteiger partial charge in [-0.25, -0.2) is 9.78 Å². The van der Waals surface area contributed by atoms with Crippen LogP contribution in [0.4, 0.5) is 4.79 Å². The van der Waals surface area contributed by atoms with Gasteiger partial charge >= 0.3 is 53.8 Å². The number of amides is 3. The number of aromatic nitrogens is 2. The van der Waals surface area contributed by atoms with E-state index in [2.05, 4.69) is 91.6 Å². The van der Waals surface area contributed by atoms with Crippen LogP contribution in [0, 0.1) is 52.0 Å². The number of Topliss-reactive ketones (excluding diaryl/α,β-unsaturated/α-hetero) is 7. The van der Waals surface area contributed by atoms with Crippen molar-refractivity contribution in [3.05, 3.63) is 142 Å². The number of hydrogen-bond acceptors (Lipinski definition) is 29. The number of imidazole rings is 1. The molecule has 0 saturated heterocycles. The first-order valence-corrected chi connectivity index (χ1v) is 41.2. The minimum Gasteiger partial charge on any atom is -0.508 e. The molecule has 3 aromatic rings. The van der Waals surface area contributed by atoms with Gasteiger partial charge < -0.3 is 158 Å². The Labute approximate surface area is 763 Å². The molecule has 15 atom stereocenters. The van der Waals surface area contributed by atoms with Crippen LogP contribution in [-0.4, -0.2) is 237 Å². The van der Waals surface area contributed by atoms with Crippen LogP contribution >= 0.6 is 34.2 Å². The number of urea groups is 1. The number of phenolic OH excluding ortho intramolecular Hbond substituents is 1. The maximum Gasteiger partial charge on any atom is 0.321 e. The van der Waals surface area contributed by atoms with E-state index in [-0.39, 0.29) is 128 Å². The number of carbonyl (C=O) groups excluding carboxylic acids is 16. The predicted octanol–water partition coefficient (Wildman–Crippen LogP) is -1.18. The SMILES string of the molecule is CC(=O)OC(CC1=CCc2ccccc21)C([NH3+])C(C)=O.CC(=O)OC(CCCNC(N)=O)C([NH3+])C(C)=O.CC(=O)OC(CCS)C([NH3+])C(C)=O.CC(=O)OC(CSSCC(N)C(=O)O)C([NH3+])C(C)=O.CC(=O)OC(Cc1c[nH+]c[nH]1)C([NH3+])C(C)=O.CC(=O)OC(Cc1ccc(O)cc1)C([NH3+])C(C)=O.CCNC(=O)CCC(OC(C)=O)C([NH3+])C(C)=O.[CH3-].[CH3-].[CH3-].[CH3-].[CH3-].[CH3-].[CH3-]. The van der Waals surface area contributed by atoms with Crippen LogP contribution in [0.1, 0.15) is 165 Å². The Hall–Kier alpha value is -9.89. The first-order valence-electron chi connectivity index (χ1n) is 38.1. The number of benzene rings is 2. The van der Waals surface area contributed by atoms with Crippen molar-refractivity contribution in [1.82, 2.24) is 15.6 Å². The number of thiol groups is 1. The summed E-state index contributed by atoms with van der Waals surface area (Å²) in [6.07, 6.45) is 6.04. The van der Waals surface area contributed by atoms with E-state index in [1.807, 2.05) is 19.1 Å². The van der Waals surface area contributed by atoms with Crippen LogP contribution in [0.5, 0.6) is 5.75 Å². The largest absolute Gasteiger partial charge is 0.508 e. The van der Waals surface area contributed by atoms with Gasteiger partial charge in [-0.3, -0.25) is 81.7 Å². The number of carboxylic acids is 1. The van der Waals surface area contributed by atoms with E-state index in [1.54, 1.807) is 36.8 Å². The lowest BCUT2D eigenvalue weighted by Crippen LogP contribution is -2.70. The average Bonchev–Trinajstić information content (AvgIpc) is 1.68. The zero-order valence-corrected chi connectivity index (χ0v) is 81.0. The number of allylic oxidation sites excluding steroid dienone is 1. The van der Waals surface area contributed by atoms with Crippen LogP contribution < -0.4 is 67.2 Å². The molecular formula is C85H152N13O26S3+. The number of quaternary nitrogens is 7. The second-order valence-electron chi connectivity index (χ2n) is 27.5. The highest BCUT2D eigenvalue weighted by atomic mass is 33.1. The molecule has 1 heterocycles. The number of primary amides is 1. The minimum atomic E-state index is -1.07. The van der Waals surface area contributed by atoms with Crippen molar-refractivity contribution in [2.45, 2.75) is 253 Å². The molecule has 0 spiro atoms. The summed E-state index contributed by atoms with van der Waals surface area (Å²) < 4.78 is 35.5. The van der Waals surface area contributed by atoms with E-state index in [0.29, 0.717) is 69.5 Å². The number of ether oxygens (including phenoxy) is 7. The summed E-state index contributed by atoms with van der Waals surface area (Å²) in [6.45, 7) is 21.8. The third-order valence-corrected chi connectivity index (χ3v) is 19.8. The van der Waals surface area contributed by atoms with E-state index in [1.165, 1.54) is 130 Å². The zero-order valence-electron chi connectivity index (χ0n) is 78.5. The van der Waals surface area contributed by atoms with Gasteiger partial charge in [0.25, 0.3) is 0 Å². The van der Waals surface area contributed by atoms with Gasteiger partial charge in [0, 0.05) is 141 Å². The van der Waals surface area contributed by atoms with E-state index >= 15 is 0 Å². The molecule has 0 radical (unpaired) electrons. The standard InChI is InChI=1S/C16H19NO3.C13H17NO4.C11H20N2O4.C10H19N3O4.C10H15N3O3.C10H18N2O5S2.C8H15NO3S.7CH3/c1-10(18)16(17)15(20-11(2)19)9-13-8-7-12-5-3-4-6-14(12)13;1-8(15)13(14)12(18-9(2)16)7-10-3-5-11(17)6-4-10;1-4-13-10(16)6-5-9(17-8(3)15)11(12)7(2)14;1-6(14)9(11)8(17-7(2)15)4-3-5-13-10(12)16;1-6(14)10(11)9(16-7(2)15)3-8-4-12-5-13-8;1-5(13)9(12)8(17-6(2)14)4-19-18-3-7(11)10(15)16;1-5(10)8(9)7(3-4-13)12-6(2)11;;;;;;;/h3-6,8,15-16H,7,9,17H2,1-2H3;3-6,12-13,17H,7,14H2,1-2H3;9,11H,4-6,12H2,1-3H3,(H,13,16);8-9H,3-5,11H2,1-2H3,(H3,12,13,16);4-5,9-10H,3,11H2,1-2H3,(H,12,13);7-9H,3-4,11-12H2,1-2H3,(H,15,16);7-8,13H,3-4,9H2,1-2H3;7*1H3/q;;;;;;;7*-1/p+8. The molecule has 15 unspecified atom stereocenters. The number of H-pyrrole nitrogens is 2. The van der Waals surface area contributed by atoms with E-state index in [4.69, 9.17) is 49.7 Å². The van der Waals surface area contributed by atoms with Gasteiger partial charge in [-0.05, 0) is 79.2 Å². The van der Waals surface area contributed by atoms with Crippen molar-refractivity contribution in [3.63, 3.8) is 0 Å². The Bertz CT molecular complexity index is 3810. The van der Waals surface area contributed by atoms with Crippen molar-refractivity contribution < 1.29 is 170 Å². The minimum absolute atomic E-state index is 0. The smallest absolute Gasteiger partial charge is 0.321 e. The summed E-state index contributed by atoms with van der Waals surface area (Å²) in [6, 6.07) is 9.13. The number of aromatic hydroxyl groups is 1. The van der Waals surface area contributed by atoms with Crippen LogP contribution in [0.25, 0.3) is 5.57 Å². The van der Waals surface area contributed by atoms with Crippen molar-refractivity contribution >= 4 is 140 Å². The number of aromatic amines is 2. The summed E-state index contributed by atoms with van der Waals surface area (Å²) in [5.41, 5.74) is 41.5. The van der Waals surface area contributed by atoms with Crippen LogP contribution in [-0.2, 0) is 129 Å². The van der Waals surface area contributed by atoms with Crippen molar-refractivity contribution in [1.29, 1.82) is 0 Å². The molecule has 127 heavy (non-hydrogen) atoms. The highest BCUT2D eigenvalue weighted by Gasteiger charge is 2.35. The molecule has 0 saturated carbocycles. The fraction of sp³-hybridized carbons (Fsp3) is 0.518. The first kappa shape index (κ1) is 138. The van der Waals surface area contributed by atoms with Crippen LogP contribution in [0.3, 0.4) is 0 Å². The van der Waals surface area contributed by atoms with Crippen molar-refractivity contribution in [2.24, 2.45) is 11.5 Å². The molecule has 0 bridgehead atoms. The fourth-order valence-corrected chi connectivity index (χ4v) is 12.8. The maximum atomic E-state index is 11.5. The molecule has 730 valence electrons. The highest BCUT2D eigenvalue weighted by Crippen LogP contribution is 2.32. The van der Waals surface area contributed by atoms with Crippen LogP contribution in [0.15, 0.2) is 67.1 Å². The Morgan fingerprint density at radius 2 is 0.819 bits per heavy atom. The summed E-state index contributed by atoms with van der Waals surface area (Å²) >= 11 is 4.01. The lowest BCUT2D eigenvalue weighted by molar-refractivity contribution is -0.420. The molecule has 2 aromatic carbocycles. The predicted molar refractivity (Wildman–Crippen MR) is 485 cm³/mol. The summed E-state index contributed by atoms with van der Waals surface area (Å²) in [4.78, 5) is 193. The monoisotopic (exact) mass is 1870 g/mol. The number of nitrogens with two attached hydrogens (primary N) is 2. The number of fused-ring (bicyclic) bond motifs is 1. The number of ketones is 7. The molecule has 42 heteroatoms. The number of esters is 7. The normalized spacial score (nSPS) is 13.7. The van der Waals surface area contributed by atoms with Gasteiger partial charge in [-0.2, -0.15) is 12.6 Å². The number of hydrogen-bond donors (Lipinski definition) is 15. The zero-order chi connectivity index (χ0) is 92.8. The number of phenols is 1. The highest BCUT2D eigenvalue weighted by molar-refractivity contribution is 8.76. The van der Waals surface area contributed by atoms with Crippen molar-refractivity contribution in [2.75, 3.05) is 30.3 Å².